The van der Waals surface area contributed by atoms with Gasteiger partial charge >= 0.3 is 0 Å². The summed E-state index contributed by atoms with van der Waals surface area (Å²) in [4.78, 5) is 13.2. The first-order valence-corrected chi connectivity index (χ1v) is 9.46. The normalized spacial score (nSPS) is 10.2. The number of benzene rings is 2. The van der Waals surface area contributed by atoms with Crippen LogP contribution in [0.1, 0.15) is 16.7 Å². The molecule has 0 aliphatic rings. The van der Waals surface area contributed by atoms with E-state index < -0.39 is 0 Å². The fraction of sp³-hybridized carbons (Fsp3) is 0.0400. The zero-order valence-corrected chi connectivity index (χ0v) is 17.2. The Morgan fingerprint density at radius 3 is 2.48 bits per heavy atom. The predicted octanol–water partition coefficient (Wildman–Crippen LogP) is 4.86. The van der Waals surface area contributed by atoms with Crippen LogP contribution in [-0.2, 0) is 6.42 Å². The van der Waals surface area contributed by atoms with Crippen LogP contribution >= 0.6 is 12.4 Å². The lowest BCUT2D eigenvalue weighted by atomic mass is 10.1. The Hall–Kier alpha value is -4.19. The largest absolute Gasteiger partial charge is 0.298 e. The average molecular weight is 422 g/mol. The number of rotatable bonds is 2. The summed E-state index contributed by atoms with van der Waals surface area (Å²) in [6, 6.07) is 19.9. The van der Waals surface area contributed by atoms with Crippen LogP contribution in [0.25, 0.3) is 27.6 Å². The third kappa shape index (κ3) is 3.96. The van der Waals surface area contributed by atoms with Crippen LogP contribution in [0.4, 0.5) is 0 Å². The monoisotopic (exact) mass is 421 g/mol. The van der Waals surface area contributed by atoms with Gasteiger partial charge in [0.15, 0.2) is 0 Å². The van der Waals surface area contributed by atoms with Gasteiger partial charge in [0, 0.05) is 34.6 Å². The third-order valence-corrected chi connectivity index (χ3v) is 4.88. The van der Waals surface area contributed by atoms with Gasteiger partial charge < -0.3 is 0 Å². The SMILES string of the molecule is Cl.N#CCc1ccc(-n2cnc3cnc4ccc(C#Cc5cccnc5)cc4c32)cc1. The number of halogens is 1. The van der Waals surface area contributed by atoms with Gasteiger partial charge in [-0.25, -0.2) is 4.98 Å². The van der Waals surface area contributed by atoms with Gasteiger partial charge in [-0.2, -0.15) is 5.26 Å². The highest BCUT2D eigenvalue weighted by Gasteiger charge is 2.10. The van der Waals surface area contributed by atoms with Crippen molar-refractivity contribution in [1.29, 1.82) is 5.26 Å². The Kier molecular flexibility index (Phi) is 5.62. The molecule has 0 aliphatic carbocycles. The minimum atomic E-state index is 0. The van der Waals surface area contributed by atoms with E-state index in [1.54, 1.807) is 24.9 Å². The van der Waals surface area contributed by atoms with E-state index in [1.165, 1.54) is 0 Å². The van der Waals surface area contributed by atoms with E-state index >= 15 is 0 Å². The summed E-state index contributed by atoms with van der Waals surface area (Å²) in [5, 5.41) is 9.88. The van der Waals surface area contributed by atoms with Crippen molar-refractivity contribution in [1.82, 2.24) is 19.5 Å². The number of hydrogen-bond acceptors (Lipinski definition) is 4. The molecule has 0 radical (unpaired) electrons. The van der Waals surface area contributed by atoms with Gasteiger partial charge in [-0.1, -0.05) is 24.0 Å². The van der Waals surface area contributed by atoms with Gasteiger partial charge in [0.25, 0.3) is 0 Å². The average Bonchev–Trinajstić information content (AvgIpc) is 3.24. The number of aromatic nitrogens is 4. The lowest BCUT2D eigenvalue weighted by Crippen LogP contribution is -1.94. The Morgan fingerprint density at radius 2 is 1.71 bits per heavy atom. The summed E-state index contributed by atoms with van der Waals surface area (Å²) in [6.07, 6.45) is 7.48. The van der Waals surface area contributed by atoms with E-state index in [2.05, 4.69) is 38.9 Å². The van der Waals surface area contributed by atoms with Crippen molar-refractivity contribution in [2.75, 3.05) is 0 Å². The number of fused-ring (bicyclic) bond motifs is 3. The maximum Gasteiger partial charge on any atom is 0.108 e. The van der Waals surface area contributed by atoms with Gasteiger partial charge in [-0.3, -0.25) is 14.5 Å². The Bertz CT molecular complexity index is 1470. The van der Waals surface area contributed by atoms with Crippen molar-refractivity contribution in [3.8, 4) is 23.6 Å². The van der Waals surface area contributed by atoms with Crippen LogP contribution in [0.5, 0.6) is 0 Å². The Balaban J connectivity index is 0.00000231. The summed E-state index contributed by atoms with van der Waals surface area (Å²) in [6.45, 7) is 0. The smallest absolute Gasteiger partial charge is 0.108 e. The molecule has 31 heavy (non-hydrogen) atoms. The van der Waals surface area contributed by atoms with E-state index in [0.717, 1.165) is 44.3 Å². The van der Waals surface area contributed by atoms with Gasteiger partial charge in [-0.15, -0.1) is 12.4 Å². The van der Waals surface area contributed by atoms with Gasteiger partial charge in [0.1, 0.15) is 11.8 Å². The van der Waals surface area contributed by atoms with Gasteiger partial charge in [0.05, 0.1) is 29.7 Å². The Morgan fingerprint density at radius 1 is 0.871 bits per heavy atom. The molecule has 148 valence electrons. The van der Waals surface area contributed by atoms with Crippen molar-refractivity contribution in [3.63, 3.8) is 0 Å². The second-order valence-electron chi connectivity index (χ2n) is 6.83. The van der Waals surface area contributed by atoms with Crippen LogP contribution < -0.4 is 0 Å². The number of hydrogen-bond donors (Lipinski definition) is 0. The first-order chi connectivity index (χ1) is 14.8. The molecule has 0 spiro atoms. The lowest BCUT2D eigenvalue weighted by Gasteiger charge is -2.07. The molecule has 0 saturated heterocycles. The van der Waals surface area contributed by atoms with Crippen molar-refractivity contribution < 1.29 is 0 Å². The van der Waals surface area contributed by atoms with E-state index in [-0.39, 0.29) is 12.4 Å². The van der Waals surface area contributed by atoms with Crippen LogP contribution in [0.2, 0.25) is 0 Å². The molecule has 0 saturated carbocycles. The summed E-state index contributed by atoms with van der Waals surface area (Å²) in [7, 11) is 0. The lowest BCUT2D eigenvalue weighted by molar-refractivity contribution is 1.09. The van der Waals surface area contributed by atoms with Crippen LogP contribution in [0.15, 0.2) is 79.5 Å². The quantitative estimate of drug-likeness (QED) is 0.382. The number of nitrogens with zero attached hydrogens (tertiary/aromatic N) is 5. The second kappa shape index (κ2) is 8.67. The summed E-state index contributed by atoms with van der Waals surface area (Å²) in [5.74, 6) is 6.36. The molecule has 0 unspecified atom stereocenters. The summed E-state index contributed by atoms with van der Waals surface area (Å²) in [5.41, 5.74) is 6.44. The van der Waals surface area contributed by atoms with Crippen molar-refractivity contribution in [2.45, 2.75) is 6.42 Å². The van der Waals surface area contributed by atoms with E-state index in [9.17, 15) is 0 Å². The molecule has 0 fully saturated rings. The van der Waals surface area contributed by atoms with Crippen molar-refractivity contribution >= 4 is 34.3 Å². The first-order valence-electron chi connectivity index (χ1n) is 9.46. The molecule has 3 heterocycles. The molecular weight excluding hydrogens is 406 g/mol. The standard InChI is InChI=1S/C25H15N5.ClH/c26-12-11-18-5-8-21(9-6-18)30-17-29-24-16-28-23-10-7-19(14-22(23)25(24)30)3-4-20-2-1-13-27-15-20;/h1-2,5-10,13-17H,11H2;1H. The maximum absolute atomic E-state index is 8.89. The highest BCUT2D eigenvalue weighted by atomic mass is 35.5. The Labute approximate surface area is 185 Å². The molecule has 0 atom stereocenters. The number of pyridine rings is 2. The molecule has 5 aromatic rings. The fourth-order valence-electron chi connectivity index (χ4n) is 3.41. The predicted molar refractivity (Wildman–Crippen MR) is 123 cm³/mol. The molecule has 5 nitrogen and oxygen atoms in total. The molecule has 5 rings (SSSR count). The molecule has 0 amide bonds. The minimum Gasteiger partial charge on any atom is -0.298 e. The van der Waals surface area contributed by atoms with Gasteiger partial charge in [0.2, 0.25) is 0 Å². The number of nitriles is 1. The minimum absolute atomic E-state index is 0. The van der Waals surface area contributed by atoms with Gasteiger partial charge in [-0.05, 0) is 48.0 Å². The molecular formula is C25H16ClN5. The molecule has 0 N–H and O–H groups in total. The van der Waals surface area contributed by atoms with Crippen molar-refractivity contribution in [2.24, 2.45) is 0 Å². The zero-order chi connectivity index (χ0) is 20.3. The zero-order valence-electron chi connectivity index (χ0n) is 16.4. The van der Waals surface area contributed by atoms with Crippen LogP contribution in [0, 0.1) is 23.2 Å². The molecule has 0 aliphatic heterocycles. The van der Waals surface area contributed by atoms with E-state index in [1.807, 2.05) is 53.1 Å². The highest BCUT2D eigenvalue weighted by Crippen LogP contribution is 2.26. The first kappa shape index (κ1) is 20.1. The summed E-state index contributed by atoms with van der Waals surface area (Å²) < 4.78 is 2.05. The highest BCUT2D eigenvalue weighted by molar-refractivity contribution is 6.03. The van der Waals surface area contributed by atoms with Crippen LogP contribution in [-0.4, -0.2) is 19.5 Å². The van der Waals surface area contributed by atoms with Crippen molar-refractivity contribution in [3.05, 3.63) is 96.2 Å². The molecule has 0 bridgehead atoms. The molecule has 2 aromatic carbocycles. The fourth-order valence-corrected chi connectivity index (χ4v) is 3.41. The maximum atomic E-state index is 8.89. The topological polar surface area (TPSA) is 67.4 Å². The summed E-state index contributed by atoms with van der Waals surface area (Å²) >= 11 is 0. The third-order valence-electron chi connectivity index (χ3n) is 4.88. The van der Waals surface area contributed by atoms with E-state index in [0.29, 0.717) is 6.42 Å². The second-order valence-corrected chi connectivity index (χ2v) is 6.83. The molecule has 6 heteroatoms. The van der Waals surface area contributed by atoms with Crippen LogP contribution in [0.3, 0.4) is 0 Å². The number of imidazole rings is 1. The molecule has 3 aromatic heterocycles. The van der Waals surface area contributed by atoms with E-state index in [4.69, 9.17) is 5.26 Å².